The molecule has 1 aromatic carbocycles. The SMILES string of the molecule is Cc1csc(CCC(CNC(C)C)c2ccccc2)n1. The number of rotatable bonds is 7. The van der Waals surface area contributed by atoms with E-state index in [1.54, 1.807) is 11.3 Å². The van der Waals surface area contributed by atoms with Crippen LogP contribution in [0.3, 0.4) is 0 Å². The molecule has 0 aliphatic carbocycles. The zero-order valence-corrected chi connectivity index (χ0v) is 13.4. The first-order chi connectivity index (χ1) is 9.65. The van der Waals surface area contributed by atoms with Crippen molar-refractivity contribution in [1.29, 1.82) is 0 Å². The standard InChI is InChI=1S/C17H24N2S/c1-13(2)18-11-16(15-7-5-4-6-8-15)9-10-17-19-14(3)12-20-17/h4-8,12-13,16,18H,9-11H2,1-3H3. The van der Waals surface area contributed by atoms with Crippen LogP contribution in [0.15, 0.2) is 35.7 Å². The normalized spacial score (nSPS) is 12.8. The molecule has 1 unspecified atom stereocenters. The quantitative estimate of drug-likeness (QED) is 0.827. The molecule has 2 nitrogen and oxygen atoms in total. The third-order valence-electron chi connectivity index (χ3n) is 3.42. The molecule has 0 amide bonds. The van der Waals surface area contributed by atoms with Crippen molar-refractivity contribution in [1.82, 2.24) is 10.3 Å². The van der Waals surface area contributed by atoms with E-state index in [9.17, 15) is 0 Å². The Bertz CT molecular complexity index is 505. The Kier molecular flexibility index (Phi) is 5.74. The number of nitrogens with zero attached hydrogens (tertiary/aromatic N) is 1. The lowest BCUT2D eigenvalue weighted by atomic mass is 9.94. The van der Waals surface area contributed by atoms with E-state index in [-0.39, 0.29) is 0 Å². The molecule has 0 fully saturated rings. The first-order valence-electron chi connectivity index (χ1n) is 7.34. The highest BCUT2D eigenvalue weighted by atomic mass is 32.1. The van der Waals surface area contributed by atoms with E-state index >= 15 is 0 Å². The van der Waals surface area contributed by atoms with Crippen molar-refractivity contribution < 1.29 is 0 Å². The average molecular weight is 288 g/mol. The number of benzene rings is 1. The van der Waals surface area contributed by atoms with Gasteiger partial charge < -0.3 is 5.32 Å². The van der Waals surface area contributed by atoms with Crippen LogP contribution in [-0.2, 0) is 6.42 Å². The van der Waals surface area contributed by atoms with E-state index in [2.05, 4.69) is 66.8 Å². The lowest BCUT2D eigenvalue weighted by molar-refractivity contribution is 0.508. The van der Waals surface area contributed by atoms with Crippen molar-refractivity contribution >= 4 is 11.3 Å². The zero-order chi connectivity index (χ0) is 14.4. The van der Waals surface area contributed by atoms with Crippen LogP contribution in [-0.4, -0.2) is 17.6 Å². The first kappa shape index (κ1) is 15.2. The molecule has 0 aliphatic heterocycles. The Labute approximate surface area is 126 Å². The van der Waals surface area contributed by atoms with Crippen molar-refractivity contribution in [3.8, 4) is 0 Å². The van der Waals surface area contributed by atoms with Gasteiger partial charge in [0.25, 0.3) is 0 Å². The minimum Gasteiger partial charge on any atom is -0.314 e. The Morgan fingerprint density at radius 1 is 1.20 bits per heavy atom. The highest BCUT2D eigenvalue weighted by Gasteiger charge is 2.13. The molecule has 20 heavy (non-hydrogen) atoms. The monoisotopic (exact) mass is 288 g/mol. The van der Waals surface area contributed by atoms with Gasteiger partial charge in [-0.15, -0.1) is 11.3 Å². The van der Waals surface area contributed by atoms with E-state index in [0.717, 1.165) is 25.1 Å². The van der Waals surface area contributed by atoms with Crippen molar-refractivity contribution in [2.24, 2.45) is 0 Å². The van der Waals surface area contributed by atoms with Gasteiger partial charge in [-0.2, -0.15) is 0 Å². The van der Waals surface area contributed by atoms with Gasteiger partial charge in [0.05, 0.1) is 5.01 Å². The minimum absolute atomic E-state index is 0.531. The lowest BCUT2D eigenvalue weighted by Crippen LogP contribution is -2.28. The summed E-state index contributed by atoms with van der Waals surface area (Å²) in [4.78, 5) is 4.57. The molecule has 0 bridgehead atoms. The number of hydrogen-bond acceptors (Lipinski definition) is 3. The second-order valence-electron chi connectivity index (χ2n) is 5.59. The molecule has 0 saturated carbocycles. The Hall–Kier alpha value is -1.19. The van der Waals surface area contributed by atoms with Gasteiger partial charge in [0.1, 0.15) is 0 Å². The molecule has 1 aromatic heterocycles. The van der Waals surface area contributed by atoms with E-state index in [1.165, 1.54) is 10.6 Å². The summed E-state index contributed by atoms with van der Waals surface area (Å²) in [5, 5.41) is 6.96. The van der Waals surface area contributed by atoms with Gasteiger partial charge in [0.2, 0.25) is 0 Å². The maximum absolute atomic E-state index is 4.57. The molecule has 2 aromatic rings. The summed E-state index contributed by atoms with van der Waals surface area (Å²) >= 11 is 1.78. The molecule has 0 aliphatic rings. The molecule has 0 radical (unpaired) electrons. The second-order valence-corrected chi connectivity index (χ2v) is 6.53. The third-order valence-corrected chi connectivity index (χ3v) is 4.44. The molecule has 108 valence electrons. The van der Waals surface area contributed by atoms with Crippen LogP contribution >= 0.6 is 11.3 Å². The summed E-state index contributed by atoms with van der Waals surface area (Å²) in [6.07, 6.45) is 2.22. The van der Waals surface area contributed by atoms with Crippen LogP contribution < -0.4 is 5.32 Å². The van der Waals surface area contributed by atoms with Crippen LogP contribution in [0.4, 0.5) is 0 Å². The van der Waals surface area contributed by atoms with Crippen LogP contribution in [0.5, 0.6) is 0 Å². The van der Waals surface area contributed by atoms with E-state index in [0.29, 0.717) is 12.0 Å². The van der Waals surface area contributed by atoms with Crippen LogP contribution in [0.25, 0.3) is 0 Å². The van der Waals surface area contributed by atoms with Crippen molar-refractivity contribution in [2.45, 2.75) is 45.6 Å². The highest BCUT2D eigenvalue weighted by molar-refractivity contribution is 7.09. The molecular weight excluding hydrogens is 264 g/mol. The Morgan fingerprint density at radius 2 is 1.95 bits per heavy atom. The van der Waals surface area contributed by atoms with Gasteiger partial charge in [-0.1, -0.05) is 44.2 Å². The van der Waals surface area contributed by atoms with Gasteiger partial charge in [0, 0.05) is 23.7 Å². The smallest absolute Gasteiger partial charge is 0.0928 e. The topological polar surface area (TPSA) is 24.9 Å². The summed E-state index contributed by atoms with van der Waals surface area (Å²) in [6.45, 7) is 7.50. The van der Waals surface area contributed by atoms with E-state index in [1.807, 2.05) is 0 Å². The summed E-state index contributed by atoms with van der Waals surface area (Å²) in [5.74, 6) is 0.558. The maximum Gasteiger partial charge on any atom is 0.0928 e. The fraction of sp³-hybridized carbons (Fsp3) is 0.471. The molecule has 1 atom stereocenters. The fourth-order valence-corrected chi connectivity index (χ4v) is 3.10. The predicted molar refractivity (Wildman–Crippen MR) is 87.5 cm³/mol. The molecule has 0 spiro atoms. The minimum atomic E-state index is 0.531. The average Bonchev–Trinajstić information content (AvgIpc) is 2.85. The van der Waals surface area contributed by atoms with Gasteiger partial charge in [-0.25, -0.2) is 4.98 Å². The summed E-state index contributed by atoms with van der Waals surface area (Å²) < 4.78 is 0. The summed E-state index contributed by atoms with van der Waals surface area (Å²) in [6, 6.07) is 11.3. The highest BCUT2D eigenvalue weighted by Crippen LogP contribution is 2.22. The van der Waals surface area contributed by atoms with Gasteiger partial charge >= 0.3 is 0 Å². The number of aromatic nitrogens is 1. The van der Waals surface area contributed by atoms with Crippen LogP contribution in [0.2, 0.25) is 0 Å². The summed E-state index contributed by atoms with van der Waals surface area (Å²) in [7, 11) is 0. The van der Waals surface area contributed by atoms with Crippen molar-refractivity contribution in [3.05, 3.63) is 52.0 Å². The van der Waals surface area contributed by atoms with Crippen LogP contribution in [0.1, 0.15) is 42.5 Å². The van der Waals surface area contributed by atoms with Gasteiger partial charge in [-0.3, -0.25) is 0 Å². The molecule has 1 heterocycles. The number of nitrogens with one attached hydrogen (secondary N) is 1. The third kappa shape index (κ3) is 4.73. The summed E-state index contributed by atoms with van der Waals surface area (Å²) in [5.41, 5.74) is 2.57. The van der Waals surface area contributed by atoms with Crippen molar-refractivity contribution in [2.75, 3.05) is 6.54 Å². The molecular formula is C17H24N2S. The Morgan fingerprint density at radius 3 is 2.55 bits per heavy atom. The number of hydrogen-bond donors (Lipinski definition) is 1. The predicted octanol–water partition coefficient (Wildman–Crippen LogP) is 4.17. The number of thiazole rings is 1. The van der Waals surface area contributed by atoms with E-state index in [4.69, 9.17) is 0 Å². The molecule has 3 heteroatoms. The number of aryl methyl sites for hydroxylation is 2. The van der Waals surface area contributed by atoms with Gasteiger partial charge in [0.15, 0.2) is 0 Å². The van der Waals surface area contributed by atoms with E-state index < -0.39 is 0 Å². The largest absolute Gasteiger partial charge is 0.314 e. The Balaban J connectivity index is 1.98. The first-order valence-corrected chi connectivity index (χ1v) is 8.22. The van der Waals surface area contributed by atoms with Crippen LogP contribution in [0, 0.1) is 6.92 Å². The zero-order valence-electron chi connectivity index (χ0n) is 12.6. The molecule has 2 rings (SSSR count). The maximum atomic E-state index is 4.57. The van der Waals surface area contributed by atoms with Gasteiger partial charge in [-0.05, 0) is 31.2 Å². The second kappa shape index (κ2) is 7.55. The molecule has 0 saturated heterocycles. The lowest BCUT2D eigenvalue weighted by Gasteiger charge is -2.19. The fourth-order valence-electron chi connectivity index (χ4n) is 2.30. The van der Waals surface area contributed by atoms with Crippen molar-refractivity contribution in [3.63, 3.8) is 0 Å². The molecule has 1 N–H and O–H groups in total.